The van der Waals surface area contributed by atoms with Gasteiger partial charge in [0.2, 0.25) is 0 Å². The molecular formula is C20H20O3. The quantitative estimate of drug-likeness (QED) is 0.362. The second kappa shape index (κ2) is 6.29. The Kier molecular flexibility index (Phi) is 4.20. The Morgan fingerprint density at radius 2 is 1.87 bits per heavy atom. The molecule has 3 rings (SSSR count). The molecule has 0 N–H and O–H groups in total. The van der Waals surface area contributed by atoms with Gasteiger partial charge in [-0.05, 0) is 42.7 Å². The molecule has 0 aliphatic heterocycles. The Hall–Kier alpha value is -2.55. The van der Waals surface area contributed by atoms with Gasteiger partial charge in [0.1, 0.15) is 5.75 Å². The van der Waals surface area contributed by atoms with E-state index in [0.717, 1.165) is 33.5 Å². The minimum absolute atomic E-state index is 0.361. The predicted molar refractivity (Wildman–Crippen MR) is 93.2 cm³/mol. The van der Waals surface area contributed by atoms with Crippen LogP contribution in [0.3, 0.4) is 0 Å². The average Bonchev–Trinajstić information content (AvgIpc) is 2.52. The van der Waals surface area contributed by atoms with Crippen molar-refractivity contribution in [3.05, 3.63) is 53.6 Å². The van der Waals surface area contributed by atoms with Crippen molar-refractivity contribution in [2.45, 2.75) is 27.2 Å². The summed E-state index contributed by atoms with van der Waals surface area (Å²) in [5, 5.41) is 3.99. The summed E-state index contributed by atoms with van der Waals surface area (Å²) in [7, 11) is 0. The summed E-state index contributed by atoms with van der Waals surface area (Å²) in [4.78, 5) is 12.0. The molecule has 23 heavy (non-hydrogen) atoms. The number of benzene rings is 3. The van der Waals surface area contributed by atoms with Crippen LogP contribution in [-0.2, 0) is 4.74 Å². The van der Waals surface area contributed by atoms with Gasteiger partial charge >= 0.3 is 6.16 Å². The lowest BCUT2D eigenvalue weighted by atomic mass is 9.98. The lowest BCUT2D eigenvalue weighted by Crippen LogP contribution is -2.11. The largest absolute Gasteiger partial charge is 0.513 e. The first-order valence-corrected chi connectivity index (χ1v) is 7.87. The molecule has 0 saturated heterocycles. The summed E-state index contributed by atoms with van der Waals surface area (Å²) >= 11 is 0. The van der Waals surface area contributed by atoms with Gasteiger partial charge in [0, 0.05) is 10.8 Å². The molecule has 0 amide bonds. The van der Waals surface area contributed by atoms with E-state index in [4.69, 9.17) is 9.47 Å². The molecule has 3 aromatic carbocycles. The number of fused-ring (bicyclic) bond motifs is 2. The van der Waals surface area contributed by atoms with Crippen molar-refractivity contribution in [1.82, 2.24) is 0 Å². The van der Waals surface area contributed by atoms with Crippen molar-refractivity contribution in [2.24, 2.45) is 0 Å². The average molecular weight is 308 g/mol. The fourth-order valence-corrected chi connectivity index (χ4v) is 2.84. The maximum Gasteiger partial charge on any atom is 0.513 e. The molecule has 0 radical (unpaired) electrons. The molecule has 0 saturated carbocycles. The van der Waals surface area contributed by atoms with Gasteiger partial charge in [-0.25, -0.2) is 4.79 Å². The van der Waals surface area contributed by atoms with Crippen molar-refractivity contribution >= 4 is 27.7 Å². The summed E-state index contributed by atoms with van der Waals surface area (Å²) in [6.45, 7) is 6.38. The lowest BCUT2D eigenvalue weighted by molar-refractivity contribution is 0.100. The topological polar surface area (TPSA) is 35.5 Å². The minimum atomic E-state index is -0.649. The van der Waals surface area contributed by atoms with E-state index in [1.165, 1.54) is 5.56 Å². The van der Waals surface area contributed by atoms with Crippen LogP contribution in [0.4, 0.5) is 4.79 Å². The Morgan fingerprint density at radius 3 is 2.65 bits per heavy atom. The highest BCUT2D eigenvalue weighted by molar-refractivity contribution is 6.07. The van der Waals surface area contributed by atoms with Gasteiger partial charge in [-0.15, -0.1) is 0 Å². The van der Waals surface area contributed by atoms with E-state index in [9.17, 15) is 4.79 Å². The molecule has 0 aliphatic carbocycles. The van der Waals surface area contributed by atoms with E-state index in [0.29, 0.717) is 12.4 Å². The van der Waals surface area contributed by atoms with Crippen LogP contribution in [0.5, 0.6) is 5.75 Å². The van der Waals surface area contributed by atoms with Gasteiger partial charge in [0.15, 0.2) is 0 Å². The molecule has 0 aromatic heterocycles. The molecular weight excluding hydrogens is 288 g/mol. The number of carbonyl (C=O) groups is 1. The van der Waals surface area contributed by atoms with Crippen LogP contribution in [0.25, 0.3) is 21.5 Å². The third-order valence-electron chi connectivity index (χ3n) is 3.90. The van der Waals surface area contributed by atoms with Gasteiger partial charge in [-0.3, -0.25) is 0 Å². The van der Waals surface area contributed by atoms with Crippen LogP contribution in [0, 0.1) is 13.8 Å². The van der Waals surface area contributed by atoms with E-state index in [-0.39, 0.29) is 0 Å². The van der Waals surface area contributed by atoms with Crippen LogP contribution >= 0.6 is 0 Å². The summed E-state index contributed by atoms with van der Waals surface area (Å²) in [6, 6.07) is 14.3. The minimum Gasteiger partial charge on any atom is -0.434 e. The van der Waals surface area contributed by atoms with E-state index < -0.39 is 6.16 Å². The normalized spacial score (nSPS) is 10.9. The summed E-state index contributed by atoms with van der Waals surface area (Å²) in [6.07, 6.45) is 0.119. The molecule has 3 heteroatoms. The standard InChI is InChI=1S/C20H20O3/c1-4-10-22-20(21)23-19-17-9-8-13(2)11-16(17)12-15-7-5-6-14(3)18(15)19/h5-9,11-12H,4,10H2,1-3H3. The predicted octanol–water partition coefficient (Wildman–Crippen LogP) is 5.54. The monoisotopic (exact) mass is 308 g/mol. The second-order valence-corrected chi connectivity index (χ2v) is 5.80. The number of hydrogen-bond acceptors (Lipinski definition) is 3. The fourth-order valence-electron chi connectivity index (χ4n) is 2.84. The first-order valence-electron chi connectivity index (χ1n) is 7.87. The lowest BCUT2D eigenvalue weighted by Gasteiger charge is -2.14. The van der Waals surface area contributed by atoms with Crippen LogP contribution in [0.1, 0.15) is 24.5 Å². The zero-order valence-electron chi connectivity index (χ0n) is 13.7. The molecule has 0 atom stereocenters. The molecule has 0 fully saturated rings. The van der Waals surface area contributed by atoms with Gasteiger partial charge < -0.3 is 9.47 Å². The highest BCUT2D eigenvalue weighted by atomic mass is 16.7. The van der Waals surface area contributed by atoms with Crippen molar-refractivity contribution in [1.29, 1.82) is 0 Å². The zero-order chi connectivity index (χ0) is 16.4. The van der Waals surface area contributed by atoms with Gasteiger partial charge in [-0.2, -0.15) is 0 Å². The number of carbonyl (C=O) groups excluding carboxylic acids is 1. The van der Waals surface area contributed by atoms with E-state index in [1.54, 1.807) is 0 Å². The number of aryl methyl sites for hydroxylation is 2. The summed E-state index contributed by atoms with van der Waals surface area (Å²) < 4.78 is 10.7. The Bertz CT molecular complexity index is 880. The number of ether oxygens (including phenoxy) is 2. The molecule has 118 valence electrons. The number of hydrogen-bond donors (Lipinski definition) is 0. The van der Waals surface area contributed by atoms with Crippen molar-refractivity contribution in [2.75, 3.05) is 6.61 Å². The summed E-state index contributed by atoms with van der Waals surface area (Å²) in [5.41, 5.74) is 2.24. The molecule has 0 spiro atoms. The maximum absolute atomic E-state index is 12.0. The highest BCUT2D eigenvalue weighted by Crippen LogP contribution is 2.37. The molecule has 0 unspecified atom stereocenters. The third-order valence-corrected chi connectivity index (χ3v) is 3.90. The van der Waals surface area contributed by atoms with Crippen molar-refractivity contribution < 1.29 is 14.3 Å². The Morgan fingerprint density at radius 1 is 1.04 bits per heavy atom. The Balaban J connectivity index is 2.22. The highest BCUT2D eigenvalue weighted by Gasteiger charge is 2.15. The molecule has 0 heterocycles. The van der Waals surface area contributed by atoms with Crippen molar-refractivity contribution in [3.63, 3.8) is 0 Å². The molecule has 0 aliphatic rings. The van der Waals surface area contributed by atoms with Gasteiger partial charge in [-0.1, -0.05) is 48.9 Å². The van der Waals surface area contributed by atoms with Crippen molar-refractivity contribution in [3.8, 4) is 5.75 Å². The number of rotatable bonds is 3. The van der Waals surface area contributed by atoms with Crippen LogP contribution in [0.2, 0.25) is 0 Å². The summed E-state index contributed by atoms with van der Waals surface area (Å²) in [5.74, 6) is 0.580. The maximum atomic E-state index is 12.0. The van der Waals surface area contributed by atoms with Crippen LogP contribution < -0.4 is 4.74 Å². The second-order valence-electron chi connectivity index (χ2n) is 5.80. The molecule has 0 bridgehead atoms. The van der Waals surface area contributed by atoms with Gasteiger partial charge in [0.05, 0.1) is 6.61 Å². The smallest absolute Gasteiger partial charge is 0.434 e. The van der Waals surface area contributed by atoms with E-state index in [2.05, 4.69) is 19.1 Å². The molecule has 3 nitrogen and oxygen atoms in total. The molecule has 3 aromatic rings. The van der Waals surface area contributed by atoms with Crippen LogP contribution in [0.15, 0.2) is 42.5 Å². The first-order chi connectivity index (χ1) is 11.1. The van der Waals surface area contributed by atoms with Crippen LogP contribution in [-0.4, -0.2) is 12.8 Å². The van der Waals surface area contributed by atoms with E-state index in [1.807, 2.05) is 44.2 Å². The Labute approximate surface area is 135 Å². The van der Waals surface area contributed by atoms with E-state index >= 15 is 0 Å². The third kappa shape index (κ3) is 3.00. The van der Waals surface area contributed by atoms with Gasteiger partial charge in [0.25, 0.3) is 0 Å². The fraction of sp³-hybridized carbons (Fsp3) is 0.250. The first kappa shape index (κ1) is 15.3. The zero-order valence-corrected chi connectivity index (χ0v) is 13.7. The SMILES string of the molecule is CCCOC(=O)Oc1c2ccc(C)cc2cc2cccc(C)c12.